The van der Waals surface area contributed by atoms with Crippen LogP contribution in [0, 0.1) is 0 Å². The highest BCUT2D eigenvalue weighted by Crippen LogP contribution is 2.07. The molecule has 0 aromatic rings. The van der Waals surface area contributed by atoms with E-state index in [2.05, 4.69) is 13.8 Å². The number of methoxy groups -OCH3 is 1. The number of rotatable bonds is 27. The molecule has 1 N–H and O–H groups in total. The average molecular weight is 613 g/mol. The van der Waals surface area contributed by atoms with E-state index in [4.69, 9.17) is 47.7 Å². The Morgan fingerprint density at radius 3 is 1.17 bits per heavy atom. The van der Waals surface area contributed by atoms with Gasteiger partial charge in [-0.1, -0.05) is 13.3 Å². The molecular weight excluding hydrogens is 544 g/mol. The van der Waals surface area contributed by atoms with Crippen molar-refractivity contribution in [3.63, 3.8) is 0 Å². The molecule has 0 saturated heterocycles. The number of aliphatic hydroxyl groups is 1. The summed E-state index contributed by atoms with van der Waals surface area (Å²) in [7, 11) is 1.68. The second kappa shape index (κ2) is 29.3. The third-order valence-electron chi connectivity index (χ3n) is 6.07. The summed E-state index contributed by atoms with van der Waals surface area (Å²) in [5, 5.41) is 8.89. The van der Waals surface area contributed by atoms with Gasteiger partial charge in [0.15, 0.2) is 0 Å². The van der Waals surface area contributed by atoms with E-state index in [1.54, 1.807) is 7.11 Å². The number of hydrogen-bond donors (Lipinski definition) is 1. The van der Waals surface area contributed by atoms with Gasteiger partial charge in [0.05, 0.1) is 108 Å². The summed E-state index contributed by atoms with van der Waals surface area (Å²) in [4.78, 5) is 0. The maximum atomic E-state index is 8.89. The van der Waals surface area contributed by atoms with Gasteiger partial charge in [-0.3, -0.25) is 0 Å². The van der Waals surface area contributed by atoms with Crippen LogP contribution < -0.4 is 0 Å². The van der Waals surface area contributed by atoms with Crippen molar-refractivity contribution in [3.8, 4) is 0 Å². The number of aliphatic hydroxyl groups excluding tert-OH is 1. The van der Waals surface area contributed by atoms with Crippen LogP contribution in [0.3, 0.4) is 0 Å². The average Bonchev–Trinajstić information content (AvgIpc) is 2.97. The lowest BCUT2D eigenvalue weighted by atomic mass is 10.2. The lowest BCUT2D eigenvalue weighted by Gasteiger charge is -2.22. The van der Waals surface area contributed by atoms with Gasteiger partial charge in [-0.15, -0.1) is 0 Å². The fourth-order valence-electron chi connectivity index (χ4n) is 3.35. The van der Waals surface area contributed by atoms with Crippen LogP contribution in [0.5, 0.6) is 0 Å². The van der Waals surface area contributed by atoms with Gasteiger partial charge in [-0.2, -0.15) is 0 Å². The Hall–Kier alpha value is -0.400. The van der Waals surface area contributed by atoms with Gasteiger partial charge in [-0.05, 0) is 75.7 Å². The van der Waals surface area contributed by atoms with Crippen LogP contribution in [0.2, 0.25) is 0 Å². The molecule has 0 aliphatic heterocycles. The second-order valence-corrected chi connectivity index (χ2v) is 11.3. The van der Waals surface area contributed by atoms with Crippen LogP contribution in [-0.2, 0) is 42.6 Å². The number of ether oxygens (including phenoxy) is 9. The molecule has 0 fully saturated rings. The SMILES string of the molecule is CCCC(C)OC(C)COC(C)COC(C)COC(C)CO.CCOCC(C)OCC(C)OCC(C)OCC(C)OC. The zero-order valence-electron chi connectivity index (χ0n) is 29.1. The maximum absolute atomic E-state index is 8.89. The molecular formula is C32H68O10. The molecule has 9 unspecified atom stereocenters. The van der Waals surface area contributed by atoms with E-state index in [0.717, 1.165) is 12.8 Å². The molecule has 10 nitrogen and oxygen atoms in total. The molecule has 0 aromatic heterocycles. The maximum Gasteiger partial charge on any atom is 0.0784 e. The summed E-state index contributed by atoms with van der Waals surface area (Å²) < 4.78 is 50.0. The zero-order chi connectivity index (χ0) is 32.3. The summed E-state index contributed by atoms with van der Waals surface area (Å²) in [6.45, 7) is 26.7. The lowest BCUT2D eigenvalue weighted by Crippen LogP contribution is -2.29. The van der Waals surface area contributed by atoms with Crippen molar-refractivity contribution in [3.05, 3.63) is 0 Å². The fourth-order valence-corrected chi connectivity index (χ4v) is 3.35. The minimum atomic E-state index is -0.150. The van der Waals surface area contributed by atoms with Gasteiger partial charge < -0.3 is 47.7 Å². The van der Waals surface area contributed by atoms with Crippen molar-refractivity contribution in [2.24, 2.45) is 0 Å². The van der Waals surface area contributed by atoms with E-state index in [-0.39, 0.29) is 61.5 Å². The normalized spacial score (nSPS) is 18.2. The minimum Gasteiger partial charge on any atom is -0.394 e. The molecule has 42 heavy (non-hydrogen) atoms. The molecule has 0 aliphatic carbocycles. The Bertz CT molecular complexity index is 555. The Morgan fingerprint density at radius 2 is 0.810 bits per heavy atom. The van der Waals surface area contributed by atoms with Crippen molar-refractivity contribution >= 4 is 0 Å². The van der Waals surface area contributed by atoms with Crippen LogP contribution in [0.4, 0.5) is 0 Å². The first-order valence-electron chi connectivity index (χ1n) is 15.9. The molecule has 0 bridgehead atoms. The topological polar surface area (TPSA) is 103 Å². The van der Waals surface area contributed by atoms with Gasteiger partial charge >= 0.3 is 0 Å². The van der Waals surface area contributed by atoms with Crippen LogP contribution in [0.25, 0.3) is 0 Å². The molecule has 0 spiro atoms. The fraction of sp³-hybridized carbons (Fsp3) is 1.00. The quantitative estimate of drug-likeness (QED) is 0.135. The van der Waals surface area contributed by atoms with E-state index in [9.17, 15) is 0 Å². The third kappa shape index (κ3) is 29.7. The first kappa shape index (κ1) is 43.7. The van der Waals surface area contributed by atoms with E-state index in [0.29, 0.717) is 52.9 Å². The van der Waals surface area contributed by atoms with Crippen LogP contribution in [0.1, 0.15) is 89.0 Å². The van der Waals surface area contributed by atoms with E-state index < -0.39 is 0 Å². The standard InChI is InChI=1S/C17H36O5.C15H32O5/c1-7-8-13(2)22-17(6)12-21-16(5)11-20-15(4)10-19-14(3)9-18;1-7-17-8-13(3)19-10-15(5)20-11-14(4)18-9-12(2)16-6/h13-18H,7-12H2,1-6H3;12-15H,7-11H2,1-6H3. The summed E-state index contributed by atoms with van der Waals surface area (Å²) >= 11 is 0. The highest BCUT2D eigenvalue weighted by Gasteiger charge is 2.13. The smallest absolute Gasteiger partial charge is 0.0784 e. The second-order valence-electron chi connectivity index (χ2n) is 11.3. The van der Waals surface area contributed by atoms with Crippen LogP contribution in [-0.4, -0.2) is 127 Å². The predicted molar refractivity (Wildman–Crippen MR) is 167 cm³/mol. The monoisotopic (exact) mass is 612 g/mol. The molecule has 0 aromatic carbocycles. The summed E-state index contributed by atoms with van der Waals surface area (Å²) in [5.74, 6) is 0. The van der Waals surface area contributed by atoms with E-state index in [1.807, 2.05) is 62.3 Å². The van der Waals surface area contributed by atoms with Crippen LogP contribution in [0.15, 0.2) is 0 Å². The van der Waals surface area contributed by atoms with Gasteiger partial charge in [0.25, 0.3) is 0 Å². The van der Waals surface area contributed by atoms with Crippen molar-refractivity contribution in [1.29, 1.82) is 0 Å². The Labute approximate surface area is 258 Å². The van der Waals surface area contributed by atoms with Gasteiger partial charge in [0.2, 0.25) is 0 Å². The molecule has 10 heteroatoms. The van der Waals surface area contributed by atoms with Crippen molar-refractivity contribution in [2.75, 3.05) is 66.6 Å². The van der Waals surface area contributed by atoms with E-state index >= 15 is 0 Å². The summed E-state index contributed by atoms with van der Waals surface area (Å²) in [5.41, 5.74) is 0. The molecule has 256 valence electrons. The van der Waals surface area contributed by atoms with E-state index in [1.165, 1.54) is 0 Å². The highest BCUT2D eigenvalue weighted by molar-refractivity contribution is 4.59. The molecule has 9 atom stereocenters. The first-order chi connectivity index (χ1) is 19.9. The molecule has 0 radical (unpaired) electrons. The lowest BCUT2D eigenvalue weighted by molar-refractivity contribution is -0.0972. The predicted octanol–water partition coefficient (Wildman–Crippen LogP) is 5.06. The Kier molecular flexibility index (Phi) is 30.5. The molecule has 0 saturated carbocycles. The summed E-state index contributed by atoms with van der Waals surface area (Å²) in [6.07, 6.45) is 2.73. The Morgan fingerprint density at radius 1 is 0.452 bits per heavy atom. The van der Waals surface area contributed by atoms with Gasteiger partial charge in [-0.25, -0.2) is 0 Å². The summed E-state index contributed by atoms with van der Waals surface area (Å²) in [6, 6.07) is 0. The molecule has 0 amide bonds. The van der Waals surface area contributed by atoms with Gasteiger partial charge in [0, 0.05) is 13.7 Å². The highest BCUT2D eigenvalue weighted by atomic mass is 16.6. The zero-order valence-corrected chi connectivity index (χ0v) is 29.1. The first-order valence-corrected chi connectivity index (χ1v) is 15.9. The van der Waals surface area contributed by atoms with Crippen molar-refractivity contribution < 1.29 is 47.7 Å². The Balaban J connectivity index is 0. The molecule has 0 aliphatic rings. The minimum absolute atomic E-state index is 0.0155. The number of hydrogen-bond acceptors (Lipinski definition) is 10. The largest absolute Gasteiger partial charge is 0.394 e. The van der Waals surface area contributed by atoms with Crippen molar-refractivity contribution in [2.45, 2.75) is 144 Å². The molecule has 0 rings (SSSR count). The van der Waals surface area contributed by atoms with Crippen LogP contribution >= 0.6 is 0 Å². The van der Waals surface area contributed by atoms with Crippen molar-refractivity contribution in [1.82, 2.24) is 0 Å². The molecule has 0 heterocycles. The van der Waals surface area contributed by atoms with Gasteiger partial charge in [0.1, 0.15) is 0 Å². The third-order valence-corrected chi connectivity index (χ3v) is 6.07.